The summed E-state index contributed by atoms with van der Waals surface area (Å²) < 4.78 is 91.1. The molecule has 0 aromatic carbocycles. The zero-order valence-electron chi connectivity index (χ0n) is 43.3. The van der Waals surface area contributed by atoms with Crippen LogP contribution in [0.4, 0.5) is 20.4 Å². The lowest BCUT2D eigenvalue weighted by Crippen LogP contribution is -2.41. The van der Waals surface area contributed by atoms with Gasteiger partial charge in [-0.05, 0) is 34.5 Å². The van der Waals surface area contributed by atoms with E-state index < -0.39 is 117 Å². The number of phosphoric acid groups is 1. The standard InChI is InChI=1S/C12H12FN5O3.C7H11O7P.C7H10O3.C5H4FN5.C5H6O2.C2H4O.CH4.H3NP2.3HO4P/c1-2-12(4-19)6(20)3-7(21-12)18-5-15-8-9(14)16-11(13)17-10(8)18;1-2-7(4-8)5(9)3-6(13-7)14-15(10,11)12;1-3-7(2)5(8)4-6(9)10-7;6-5-10-3(7)2-4(11-5)9-1-8-2;1-3-5(2,7)4-6;1-2-3;;1-3-2;3*1-4-5(2)3/h1,5-7,19-20H,3-4H2,(H2,14,16,17);1,5-6,8-9H,3-4H2,(H2,10,11,12);1,5-6,8-9H,4H2,2H3;1H,(H3,7,8,9,10,11);1,4,7H,2H3;2H,1H3;1H4;1H,2H2;3*1H/p-3/t6-,7+,12+;5-,6+,7+;5-,6?,7-;;5-;;;;;;/m000.0....../s1. The molecular weight excluding hydrogens is 1290 g/mol. The number of nitrogen functional groups attached to an aromatic ring is 2. The lowest BCUT2D eigenvalue weighted by atomic mass is 9.99. The number of aromatic nitrogens is 8. The molecule has 15 N–H and O–H groups in total. The van der Waals surface area contributed by atoms with Gasteiger partial charge in [0.15, 0.2) is 69.7 Å². The smallest absolute Gasteiger partial charge is 0.521 e. The quantitative estimate of drug-likeness (QED) is 0.0186. The predicted octanol–water partition coefficient (Wildman–Crippen LogP) is -5.34. The van der Waals surface area contributed by atoms with Gasteiger partial charge in [0, 0.05) is 32.0 Å². The van der Waals surface area contributed by atoms with Crippen LogP contribution in [0.15, 0.2) is 12.7 Å². The highest BCUT2D eigenvalue weighted by Crippen LogP contribution is 2.40. The molecule has 39 nitrogen and oxygen atoms in total. The van der Waals surface area contributed by atoms with Gasteiger partial charge in [-0.25, -0.2) is 24.6 Å². The average molecular weight is 1350 g/mol. The normalized spacial score (nSPS) is 24.5. The number of aliphatic hydroxyl groups is 7. The Morgan fingerprint density at radius 3 is 1.70 bits per heavy atom. The highest BCUT2D eigenvalue weighted by molar-refractivity contribution is 7.96. The number of phosphoric ester groups is 1. The number of anilines is 2. The predicted molar refractivity (Wildman–Crippen MR) is 277 cm³/mol. The van der Waals surface area contributed by atoms with Gasteiger partial charge in [-0.3, -0.25) is 23.6 Å². The van der Waals surface area contributed by atoms with Crippen molar-refractivity contribution in [3.05, 3.63) is 24.8 Å². The van der Waals surface area contributed by atoms with Crippen LogP contribution in [0.3, 0.4) is 0 Å². The third-order valence-corrected chi connectivity index (χ3v) is 10.1. The van der Waals surface area contributed by atoms with Gasteiger partial charge in [0.1, 0.15) is 30.2 Å². The van der Waals surface area contributed by atoms with E-state index in [9.17, 15) is 43.5 Å². The van der Waals surface area contributed by atoms with Crippen LogP contribution >= 0.6 is 49.6 Å². The highest BCUT2D eigenvalue weighted by Gasteiger charge is 2.49. The fourth-order valence-electron chi connectivity index (χ4n) is 5.44. The van der Waals surface area contributed by atoms with Crippen molar-refractivity contribution in [1.82, 2.24) is 39.5 Å². The summed E-state index contributed by atoms with van der Waals surface area (Å²) in [5.41, 5.74) is 6.22. The summed E-state index contributed by atoms with van der Waals surface area (Å²) in [7, 11) is -11.5. The van der Waals surface area contributed by atoms with E-state index in [4.69, 9.17) is 119 Å². The molecule has 3 fully saturated rings. The summed E-state index contributed by atoms with van der Waals surface area (Å²) in [6.45, 7) is 3.05. The summed E-state index contributed by atoms with van der Waals surface area (Å²) in [5.74, 6) is 8.41. The van der Waals surface area contributed by atoms with E-state index in [1.165, 1.54) is 31.1 Å². The lowest BCUT2D eigenvalue weighted by molar-refractivity contribution is -0.644. The van der Waals surface area contributed by atoms with Crippen LogP contribution in [0, 0.1) is 66.7 Å². The molecule has 0 amide bonds. The molecule has 3 saturated heterocycles. The third kappa shape index (κ3) is 31.3. The number of carbonyl (C=O) groups is 2. The molecule has 0 spiro atoms. The number of H-pyrrole nitrogens is 1. The van der Waals surface area contributed by atoms with Crippen molar-refractivity contribution in [3.8, 4) is 49.4 Å². The number of hydrogen-bond donors (Lipinski definition) is 13. The first-order valence-electron chi connectivity index (χ1n) is 21.3. The summed E-state index contributed by atoms with van der Waals surface area (Å²) >= 11 is 0. The van der Waals surface area contributed by atoms with Gasteiger partial charge < -0.3 is 106 Å². The van der Waals surface area contributed by atoms with Crippen molar-refractivity contribution in [2.24, 2.45) is 0 Å². The third-order valence-electron chi connectivity index (χ3n) is 9.27. The molecule has 0 radical (unpaired) electrons. The van der Waals surface area contributed by atoms with Crippen molar-refractivity contribution >= 4 is 96.1 Å². The lowest BCUT2D eigenvalue weighted by Gasteiger charge is -2.24. The molecule has 4 aromatic heterocycles. The molecule has 3 aliphatic rings. The van der Waals surface area contributed by atoms with Crippen LogP contribution in [0.5, 0.6) is 0 Å². The zero-order valence-corrected chi connectivity index (χ0v) is 48.9. The first-order chi connectivity index (χ1) is 39.4. The number of ether oxygens (including phenoxy) is 3. The van der Waals surface area contributed by atoms with Gasteiger partial charge in [-0.1, -0.05) is 40.0 Å². The molecule has 86 heavy (non-hydrogen) atoms. The van der Waals surface area contributed by atoms with E-state index in [-0.39, 0.29) is 55.1 Å². The van der Waals surface area contributed by atoms with Gasteiger partial charge in [-0.2, -0.15) is 28.7 Å². The molecular formula is C39H54F2N11O28P6-3. The van der Waals surface area contributed by atoms with E-state index in [1.807, 2.05) is 11.8 Å². The Hall–Kier alpha value is -5.68. The second-order valence-corrected chi connectivity index (χ2v) is 19.0. The van der Waals surface area contributed by atoms with E-state index in [1.54, 1.807) is 6.92 Å². The zero-order chi connectivity index (χ0) is 66.7. The number of fused-ring (bicyclic) bond motifs is 2. The topological polar surface area (TPSA) is 661 Å². The molecule has 15 atom stereocenters. The van der Waals surface area contributed by atoms with Crippen molar-refractivity contribution in [2.75, 3.05) is 24.7 Å². The number of terminal acetylenes is 4. The first kappa shape index (κ1) is 86.8. The van der Waals surface area contributed by atoms with E-state index in [0.29, 0.717) is 19.9 Å². The number of carbonyl (C=O) groups excluding carboxylic acids is 2. The number of nitrogens with one attached hydrogen (secondary N) is 2. The van der Waals surface area contributed by atoms with Gasteiger partial charge in [0.25, 0.3) is 7.82 Å². The maximum Gasteiger partial charge on any atom is 0.521 e. The van der Waals surface area contributed by atoms with Crippen LogP contribution in [0.2, 0.25) is 0 Å². The number of imidazole rings is 2. The number of aromatic amines is 1. The molecule has 7 rings (SSSR count). The van der Waals surface area contributed by atoms with Crippen LogP contribution in [-0.2, 0) is 60.6 Å². The second kappa shape index (κ2) is 43.0. The number of hydrogen-bond acceptors (Lipinski definition) is 36. The molecule has 47 heteroatoms. The maximum absolute atomic E-state index is 13.3. The summed E-state index contributed by atoms with van der Waals surface area (Å²) in [5, 5.41) is 94.5. The molecule has 6 unspecified atom stereocenters. The number of aliphatic hydroxyl groups excluding tert-OH is 6. The fraction of sp³-hybridized carbons (Fsp3) is 0.487. The van der Waals surface area contributed by atoms with Crippen LogP contribution < -0.4 is 41.6 Å². The minimum absolute atomic E-state index is 0. The Labute approximate surface area is 490 Å². The van der Waals surface area contributed by atoms with E-state index in [2.05, 4.69) is 80.6 Å². The molecule has 7 heterocycles. The summed E-state index contributed by atoms with van der Waals surface area (Å²) in [6, 6.07) is 0. The minimum atomic E-state index is -4.96. The number of nitrogens with two attached hydrogens (primary N) is 2. The fourth-order valence-corrected chi connectivity index (χ4v) is 5.87. The van der Waals surface area contributed by atoms with E-state index >= 15 is 0 Å². The van der Waals surface area contributed by atoms with Gasteiger partial charge in [-0.15, -0.1) is 25.7 Å². The largest absolute Gasteiger partial charge is 0.756 e. The van der Waals surface area contributed by atoms with E-state index in [0.717, 1.165) is 6.29 Å². The van der Waals surface area contributed by atoms with Crippen LogP contribution in [0.25, 0.3) is 22.3 Å². The van der Waals surface area contributed by atoms with Gasteiger partial charge in [0.05, 0.1) is 32.0 Å². The Morgan fingerprint density at radius 2 is 1.36 bits per heavy atom. The molecule has 0 bridgehead atoms. The summed E-state index contributed by atoms with van der Waals surface area (Å²) in [4.78, 5) is 88.0. The van der Waals surface area contributed by atoms with Crippen molar-refractivity contribution in [2.45, 2.75) is 107 Å². The Morgan fingerprint density at radius 1 is 0.907 bits per heavy atom. The van der Waals surface area contributed by atoms with Crippen molar-refractivity contribution in [3.63, 3.8) is 0 Å². The number of rotatable bonds is 9. The number of nitrogens with zero attached hydrogens (tertiary/aromatic N) is 7. The minimum Gasteiger partial charge on any atom is -0.756 e. The van der Waals surface area contributed by atoms with Gasteiger partial charge >= 0.3 is 36.9 Å². The molecule has 480 valence electrons. The molecule has 0 aliphatic carbocycles. The van der Waals surface area contributed by atoms with Crippen molar-refractivity contribution < 1.29 is 145 Å². The average Bonchev–Trinajstić information content (AvgIpc) is 2.12. The molecule has 3 aliphatic heterocycles. The molecule has 4 aromatic rings. The number of halogens is 2. The SMILES string of the molecule is C.C#C[C@](C)(O)C=O.C#C[C@]1(C)OC(O)C[C@@H]1O.C#C[C@]1(CO)O[C@@H](n2cnc3c(N)nc(F)nc32)C[C@@H]1O.C#C[C@]1(CO)O[C@H](OP(=O)([O-])O)C[C@@H]1O.CC=O.N=PP.Nc1nc(F)nc2nc[nH]c12.O=[P+]([O-])OO.O=[P+]([O-])O[O-].O=[P+]([O-])O[O-]. The second-order valence-electron chi connectivity index (χ2n) is 15.0. The first-order valence-corrected chi connectivity index (χ1v) is 28.6. The van der Waals surface area contributed by atoms with Crippen molar-refractivity contribution in [1.29, 1.82) is 5.16 Å². The summed E-state index contributed by atoms with van der Waals surface area (Å²) in [6.07, 6.45) is 15.9. The number of aldehydes is 2. The Balaban J connectivity index is -0.000000463. The molecule has 0 saturated carbocycles. The van der Waals surface area contributed by atoms with Crippen LogP contribution in [-0.4, -0.2) is 164 Å². The van der Waals surface area contributed by atoms with Crippen LogP contribution in [0.1, 0.15) is 53.7 Å². The van der Waals surface area contributed by atoms with Gasteiger partial charge in [0.2, 0.25) is 0 Å². The Kier molecular flexibility index (Phi) is 43.4. The monoisotopic (exact) mass is 1350 g/mol. The highest BCUT2D eigenvalue weighted by atomic mass is 32.0. The maximum atomic E-state index is 13.3. The Bertz CT molecular complexity index is 2960.